The number of nitrogens with one attached hydrogen (secondary N) is 1. The Labute approximate surface area is 134 Å². The van der Waals surface area contributed by atoms with Gasteiger partial charge in [0.05, 0.1) is 12.8 Å². The van der Waals surface area contributed by atoms with Crippen LogP contribution in [0.2, 0.25) is 0 Å². The molecule has 0 unspecified atom stereocenters. The van der Waals surface area contributed by atoms with Crippen LogP contribution in [0.15, 0.2) is 48.5 Å². The average molecular weight is 310 g/mol. The molecule has 0 fully saturated rings. The summed E-state index contributed by atoms with van der Waals surface area (Å²) in [5, 5.41) is 2.63. The third kappa shape index (κ3) is 3.18. The molecule has 1 aliphatic rings. The Kier molecular flexibility index (Phi) is 4.28. The van der Waals surface area contributed by atoms with E-state index in [9.17, 15) is 9.59 Å². The quantitative estimate of drug-likeness (QED) is 0.865. The Hall–Kier alpha value is -2.82. The molecule has 1 heterocycles. The molecule has 3 rings (SSSR count). The molecule has 1 N–H and O–H groups in total. The van der Waals surface area contributed by atoms with E-state index in [0.717, 1.165) is 12.0 Å². The van der Waals surface area contributed by atoms with Gasteiger partial charge in [0.25, 0.3) is 0 Å². The summed E-state index contributed by atoms with van der Waals surface area (Å²) in [7, 11) is 1.52. The number of amides is 2. The van der Waals surface area contributed by atoms with Crippen molar-refractivity contribution in [3.8, 4) is 5.75 Å². The van der Waals surface area contributed by atoms with Crippen LogP contribution in [-0.4, -0.2) is 30.4 Å². The Bertz CT molecular complexity index is 743. The van der Waals surface area contributed by atoms with E-state index in [1.165, 1.54) is 12.7 Å². The molecule has 0 radical (unpaired) electrons. The molecule has 2 aromatic carbocycles. The van der Waals surface area contributed by atoms with Crippen molar-refractivity contribution in [2.45, 2.75) is 13.0 Å². The summed E-state index contributed by atoms with van der Waals surface area (Å²) >= 11 is 0. The van der Waals surface area contributed by atoms with Crippen LogP contribution in [0, 0.1) is 0 Å². The summed E-state index contributed by atoms with van der Waals surface area (Å²) in [5.41, 5.74) is 2.82. The first kappa shape index (κ1) is 15.1. The number of para-hydroxylation sites is 2. The number of benzene rings is 2. The summed E-state index contributed by atoms with van der Waals surface area (Å²) in [6.07, 6.45) is 0.768. The number of nitrogens with zero attached hydrogens (tertiary/aromatic N) is 1. The maximum absolute atomic E-state index is 12.4. The summed E-state index contributed by atoms with van der Waals surface area (Å²) in [6.45, 7) is 1.02. The molecule has 0 aromatic heterocycles. The van der Waals surface area contributed by atoms with E-state index >= 15 is 0 Å². The van der Waals surface area contributed by atoms with Crippen molar-refractivity contribution in [3.05, 3.63) is 59.7 Å². The number of methoxy groups -OCH3 is 1. The van der Waals surface area contributed by atoms with E-state index in [0.29, 0.717) is 24.5 Å². The molecule has 2 amide bonds. The van der Waals surface area contributed by atoms with Crippen molar-refractivity contribution in [2.75, 3.05) is 19.0 Å². The average Bonchev–Trinajstić information content (AvgIpc) is 2.61. The fourth-order valence-corrected chi connectivity index (χ4v) is 2.74. The molecule has 0 spiro atoms. The second-order valence-electron chi connectivity index (χ2n) is 5.40. The van der Waals surface area contributed by atoms with Crippen molar-refractivity contribution >= 4 is 17.5 Å². The van der Waals surface area contributed by atoms with Gasteiger partial charge in [-0.1, -0.05) is 36.4 Å². The fourth-order valence-electron chi connectivity index (χ4n) is 2.74. The highest BCUT2D eigenvalue weighted by molar-refractivity contribution is 6.39. The number of hydrogen-bond acceptors (Lipinski definition) is 3. The van der Waals surface area contributed by atoms with Gasteiger partial charge < -0.3 is 15.0 Å². The van der Waals surface area contributed by atoms with Gasteiger partial charge in [-0.15, -0.1) is 0 Å². The van der Waals surface area contributed by atoms with E-state index in [1.807, 2.05) is 18.2 Å². The lowest BCUT2D eigenvalue weighted by atomic mass is 10.00. The first-order valence-electron chi connectivity index (χ1n) is 7.49. The van der Waals surface area contributed by atoms with E-state index in [-0.39, 0.29) is 0 Å². The van der Waals surface area contributed by atoms with Crippen molar-refractivity contribution in [1.82, 2.24) is 4.90 Å². The number of hydrogen-bond donors (Lipinski definition) is 1. The van der Waals surface area contributed by atoms with Gasteiger partial charge in [0.2, 0.25) is 0 Å². The molecule has 0 atom stereocenters. The van der Waals surface area contributed by atoms with Crippen LogP contribution < -0.4 is 10.1 Å². The van der Waals surface area contributed by atoms with Crippen LogP contribution in [-0.2, 0) is 22.6 Å². The summed E-state index contributed by atoms with van der Waals surface area (Å²) in [6, 6.07) is 15.0. The molecule has 0 saturated carbocycles. The molecule has 23 heavy (non-hydrogen) atoms. The fraction of sp³-hybridized carbons (Fsp3) is 0.222. The molecule has 0 aliphatic carbocycles. The number of carbonyl (C=O) groups is 2. The highest BCUT2D eigenvalue weighted by Gasteiger charge is 2.26. The lowest BCUT2D eigenvalue weighted by molar-refractivity contribution is -0.143. The van der Waals surface area contributed by atoms with Crippen LogP contribution in [0.25, 0.3) is 0 Å². The minimum absolute atomic E-state index is 0.467. The number of anilines is 1. The molecule has 118 valence electrons. The molecular weight excluding hydrogens is 292 g/mol. The van der Waals surface area contributed by atoms with Crippen molar-refractivity contribution in [3.63, 3.8) is 0 Å². The Morgan fingerprint density at radius 3 is 2.52 bits per heavy atom. The van der Waals surface area contributed by atoms with Crippen molar-refractivity contribution in [2.24, 2.45) is 0 Å². The minimum Gasteiger partial charge on any atom is -0.495 e. The maximum Gasteiger partial charge on any atom is 0.314 e. The number of carbonyl (C=O) groups excluding carboxylic acids is 2. The number of fused-ring (bicyclic) bond motifs is 1. The van der Waals surface area contributed by atoms with E-state index in [4.69, 9.17) is 4.74 Å². The normalized spacial score (nSPS) is 13.2. The standard InChI is InChI=1S/C18H18N2O3/c1-23-16-9-5-4-8-15(16)19-17(21)18(22)20-11-10-13-6-2-3-7-14(13)12-20/h2-9H,10-12H2,1H3,(H,19,21). The number of rotatable bonds is 2. The molecule has 1 aliphatic heterocycles. The van der Waals surface area contributed by atoms with Crippen LogP contribution in [0.5, 0.6) is 5.75 Å². The second-order valence-corrected chi connectivity index (χ2v) is 5.40. The Balaban J connectivity index is 1.70. The van der Waals surface area contributed by atoms with Crippen molar-refractivity contribution < 1.29 is 14.3 Å². The minimum atomic E-state index is -0.645. The zero-order valence-electron chi connectivity index (χ0n) is 12.9. The lowest BCUT2D eigenvalue weighted by Crippen LogP contribution is -2.42. The van der Waals surface area contributed by atoms with Crippen LogP contribution >= 0.6 is 0 Å². The SMILES string of the molecule is COc1ccccc1NC(=O)C(=O)N1CCc2ccccc2C1. The molecule has 0 bridgehead atoms. The Morgan fingerprint density at radius 2 is 1.74 bits per heavy atom. The predicted molar refractivity (Wildman–Crippen MR) is 87.2 cm³/mol. The molecule has 5 heteroatoms. The first-order valence-corrected chi connectivity index (χ1v) is 7.49. The van der Waals surface area contributed by atoms with Gasteiger partial charge in [0.1, 0.15) is 5.75 Å². The smallest absolute Gasteiger partial charge is 0.314 e. The van der Waals surface area contributed by atoms with E-state index in [1.54, 1.807) is 29.2 Å². The summed E-state index contributed by atoms with van der Waals surface area (Å²) in [4.78, 5) is 26.2. The largest absolute Gasteiger partial charge is 0.495 e. The van der Waals surface area contributed by atoms with E-state index < -0.39 is 11.8 Å². The third-order valence-electron chi connectivity index (χ3n) is 3.97. The number of ether oxygens (including phenoxy) is 1. The van der Waals surface area contributed by atoms with Gasteiger partial charge in [-0.3, -0.25) is 9.59 Å². The van der Waals surface area contributed by atoms with Gasteiger partial charge in [-0.2, -0.15) is 0 Å². The second kappa shape index (κ2) is 6.52. The zero-order chi connectivity index (χ0) is 16.2. The molecule has 0 saturated heterocycles. The predicted octanol–water partition coefficient (Wildman–Crippen LogP) is 2.22. The Morgan fingerprint density at radius 1 is 1.04 bits per heavy atom. The van der Waals surface area contributed by atoms with Gasteiger partial charge in [-0.05, 0) is 29.7 Å². The monoisotopic (exact) mass is 310 g/mol. The maximum atomic E-state index is 12.4. The van der Waals surface area contributed by atoms with Gasteiger partial charge in [0, 0.05) is 13.1 Å². The molecular formula is C18H18N2O3. The van der Waals surface area contributed by atoms with Crippen LogP contribution in [0.1, 0.15) is 11.1 Å². The van der Waals surface area contributed by atoms with Gasteiger partial charge >= 0.3 is 11.8 Å². The van der Waals surface area contributed by atoms with Gasteiger partial charge in [-0.25, -0.2) is 0 Å². The van der Waals surface area contributed by atoms with Crippen molar-refractivity contribution in [1.29, 1.82) is 0 Å². The lowest BCUT2D eigenvalue weighted by Gasteiger charge is -2.28. The molecule has 5 nitrogen and oxygen atoms in total. The van der Waals surface area contributed by atoms with Gasteiger partial charge in [0.15, 0.2) is 0 Å². The summed E-state index contributed by atoms with van der Waals surface area (Å²) < 4.78 is 5.18. The third-order valence-corrected chi connectivity index (χ3v) is 3.97. The topological polar surface area (TPSA) is 58.6 Å². The zero-order valence-corrected chi connectivity index (χ0v) is 12.9. The molecule has 2 aromatic rings. The van der Waals surface area contributed by atoms with Crippen LogP contribution in [0.3, 0.4) is 0 Å². The highest BCUT2D eigenvalue weighted by Crippen LogP contribution is 2.23. The highest BCUT2D eigenvalue weighted by atomic mass is 16.5. The van der Waals surface area contributed by atoms with E-state index in [2.05, 4.69) is 11.4 Å². The van der Waals surface area contributed by atoms with Crippen LogP contribution in [0.4, 0.5) is 5.69 Å². The summed E-state index contributed by atoms with van der Waals surface area (Å²) in [5.74, 6) is -0.642. The first-order chi connectivity index (χ1) is 11.2.